The Hall–Kier alpha value is -1.11. The number of fused-ring (bicyclic) bond motifs is 1. The Labute approximate surface area is 138 Å². The lowest BCUT2D eigenvalue weighted by molar-refractivity contribution is -0.139. The number of nitrogens with one attached hydrogen (secondary N) is 1. The van der Waals surface area contributed by atoms with E-state index in [1.165, 1.54) is 0 Å². The fourth-order valence-electron chi connectivity index (χ4n) is 4.25. The van der Waals surface area contributed by atoms with Crippen LogP contribution in [-0.2, 0) is 4.79 Å². The molecular weight excluding hydrogens is 292 g/mol. The Balaban J connectivity index is 1.30. The van der Waals surface area contributed by atoms with Gasteiger partial charge in [-0.25, -0.2) is 0 Å². The van der Waals surface area contributed by atoms with Gasteiger partial charge in [-0.15, -0.1) is 0 Å². The van der Waals surface area contributed by atoms with Crippen molar-refractivity contribution in [2.75, 3.05) is 45.8 Å². The third kappa shape index (κ3) is 2.88. The van der Waals surface area contributed by atoms with Crippen LogP contribution in [0.25, 0.3) is 0 Å². The number of piperidine rings is 1. The van der Waals surface area contributed by atoms with E-state index in [-0.39, 0.29) is 5.92 Å². The van der Waals surface area contributed by atoms with Crippen LogP contribution in [0.4, 0.5) is 0 Å². The molecule has 0 aromatic rings. The van der Waals surface area contributed by atoms with Gasteiger partial charge in [0.25, 0.3) is 0 Å². The minimum absolute atomic E-state index is 0.161. The predicted molar refractivity (Wildman–Crippen MR) is 87.6 cm³/mol. The van der Waals surface area contributed by atoms with Gasteiger partial charge in [0.2, 0.25) is 5.91 Å². The quantitative estimate of drug-likeness (QED) is 0.755. The van der Waals surface area contributed by atoms with Gasteiger partial charge in [0.1, 0.15) is 5.60 Å². The largest absolute Gasteiger partial charge is 0.384 e. The summed E-state index contributed by atoms with van der Waals surface area (Å²) in [5.74, 6) is 0.485. The zero-order valence-electron chi connectivity index (χ0n) is 13.8. The van der Waals surface area contributed by atoms with Crippen LogP contribution in [0.5, 0.6) is 0 Å². The van der Waals surface area contributed by atoms with E-state index in [2.05, 4.69) is 21.7 Å². The molecule has 6 heteroatoms. The maximum atomic E-state index is 12.8. The molecule has 23 heavy (non-hydrogen) atoms. The fourth-order valence-corrected chi connectivity index (χ4v) is 4.25. The third-order valence-electron chi connectivity index (χ3n) is 6.05. The number of carbonyl (C=O) groups excluding carboxylic acids is 1. The van der Waals surface area contributed by atoms with Crippen LogP contribution in [0.15, 0.2) is 12.3 Å². The van der Waals surface area contributed by atoms with Crippen LogP contribution in [-0.4, -0.2) is 83.3 Å². The first kappa shape index (κ1) is 15.4. The summed E-state index contributed by atoms with van der Waals surface area (Å²) < 4.78 is 0. The normalized spacial score (nSPS) is 33.4. The maximum Gasteiger partial charge on any atom is 0.227 e. The number of piperazine rings is 1. The van der Waals surface area contributed by atoms with Crippen LogP contribution >= 0.6 is 0 Å². The van der Waals surface area contributed by atoms with E-state index in [0.717, 1.165) is 77.2 Å². The van der Waals surface area contributed by atoms with Gasteiger partial charge in [-0.2, -0.15) is 0 Å². The average Bonchev–Trinajstić information content (AvgIpc) is 3.16. The molecule has 0 spiro atoms. The number of hydrogen-bond donors (Lipinski definition) is 2. The minimum atomic E-state index is -0.646. The van der Waals surface area contributed by atoms with Crippen molar-refractivity contribution in [1.82, 2.24) is 20.0 Å². The Morgan fingerprint density at radius 2 is 1.78 bits per heavy atom. The SMILES string of the molecule is C=C(N1CCN(C(=O)C2CCC3NCCN3C2)CC1)C1(O)CC1. The summed E-state index contributed by atoms with van der Waals surface area (Å²) in [6.07, 6.45) is 4.24. The summed E-state index contributed by atoms with van der Waals surface area (Å²) in [6.45, 7) is 10.2. The van der Waals surface area contributed by atoms with Crippen molar-refractivity contribution < 1.29 is 9.90 Å². The molecule has 2 atom stereocenters. The van der Waals surface area contributed by atoms with Crippen molar-refractivity contribution in [2.24, 2.45) is 5.92 Å². The van der Waals surface area contributed by atoms with Gasteiger partial charge >= 0.3 is 0 Å². The maximum absolute atomic E-state index is 12.8. The highest BCUT2D eigenvalue weighted by molar-refractivity contribution is 5.79. The highest BCUT2D eigenvalue weighted by Crippen LogP contribution is 2.42. The number of carbonyl (C=O) groups is 1. The molecule has 2 N–H and O–H groups in total. The molecule has 4 rings (SSSR count). The second-order valence-corrected chi connectivity index (χ2v) is 7.53. The lowest BCUT2D eigenvalue weighted by Crippen LogP contribution is -2.54. The number of hydrogen-bond acceptors (Lipinski definition) is 5. The first-order chi connectivity index (χ1) is 11.1. The summed E-state index contributed by atoms with van der Waals surface area (Å²) in [6, 6.07) is 0. The first-order valence-electron chi connectivity index (χ1n) is 9.00. The van der Waals surface area contributed by atoms with Gasteiger partial charge in [-0.05, 0) is 25.7 Å². The van der Waals surface area contributed by atoms with Crippen molar-refractivity contribution in [1.29, 1.82) is 0 Å². The molecule has 1 amide bonds. The first-order valence-corrected chi connectivity index (χ1v) is 9.00. The highest BCUT2D eigenvalue weighted by Gasteiger charge is 2.46. The molecule has 3 saturated heterocycles. The molecule has 3 aliphatic heterocycles. The van der Waals surface area contributed by atoms with Crippen LogP contribution in [0.2, 0.25) is 0 Å². The number of amides is 1. The van der Waals surface area contributed by atoms with Crippen LogP contribution in [0, 0.1) is 5.92 Å². The van der Waals surface area contributed by atoms with E-state index in [4.69, 9.17) is 0 Å². The Morgan fingerprint density at radius 3 is 2.48 bits per heavy atom. The zero-order valence-corrected chi connectivity index (χ0v) is 13.8. The lowest BCUT2D eigenvalue weighted by Gasteiger charge is -2.41. The molecule has 0 aromatic carbocycles. The van der Waals surface area contributed by atoms with Crippen LogP contribution < -0.4 is 5.32 Å². The van der Waals surface area contributed by atoms with Crippen molar-refractivity contribution in [2.45, 2.75) is 37.5 Å². The summed E-state index contributed by atoms with van der Waals surface area (Å²) in [7, 11) is 0. The smallest absolute Gasteiger partial charge is 0.227 e. The summed E-state index contributed by atoms with van der Waals surface area (Å²) >= 11 is 0. The van der Waals surface area contributed by atoms with E-state index >= 15 is 0 Å². The second kappa shape index (κ2) is 5.76. The highest BCUT2D eigenvalue weighted by atomic mass is 16.3. The van der Waals surface area contributed by atoms with Gasteiger partial charge in [0.05, 0.1) is 12.1 Å². The number of nitrogens with zero attached hydrogens (tertiary/aromatic N) is 3. The summed E-state index contributed by atoms with van der Waals surface area (Å²) in [5.41, 5.74) is 0.209. The van der Waals surface area contributed by atoms with E-state index < -0.39 is 5.60 Å². The van der Waals surface area contributed by atoms with E-state index in [9.17, 15) is 9.90 Å². The molecule has 0 bridgehead atoms. The molecule has 6 nitrogen and oxygen atoms in total. The molecule has 4 fully saturated rings. The van der Waals surface area contributed by atoms with Gasteiger partial charge < -0.3 is 20.2 Å². The lowest BCUT2D eigenvalue weighted by atomic mass is 9.95. The van der Waals surface area contributed by atoms with Gasteiger partial charge in [0, 0.05) is 51.5 Å². The van der Waals surface area contributed by atoms with E-state index in [1.807, 2.05) is 4.90 Å². The number of aliphatic hydroxyl groups is 1. The molecule has 4 aliphatic rings. The third-order valence-corrected chi connectivity index (χ3v) is 6.05. The molecule has 3 heterocycles. The topological polar surface area (TPSA) is 59.0 Å². The molecule has 1 saturated carbocycles. The van der Waals surface area contributed by atoms with Gasteiger partial charge in [-0.3, -0.25) is 9.69 Å². The van der Waals surface area contributed by atoms with E-state index in [0.29, 0.717) is 12.1 Å². The fraction of sp³-hybridized carbons (Fsp3) is 0.824. The van der Waals surface area contributed by atoms with Crippen molar-refractivity contribution in [3.63, 3.8) is 0 Å². The van der Waals surface area contributed by atoms with Crippen molar-refractivity contribution in [3.8, 4) is 0 Å². The summed E-state index contributed by atoms with van der Waals surface area (Å²) in [5, 5.41) is 13.7. The van der Waals surface area contributed by atoms with Crippen molar-refractivity contribution >= 4 is 5.91 Å². The summed E-state index contributed by atoms with van der Waals surface area (Å²) in [4.78, 5) is 19.4. The van der Waals surface area contributed by atoms with Crippen molar-refractivity contribution in [3.05, 3.63) is 12.3 Å². The molecular formula is C17H28N4O2. The Kier molecular flexibility index (Phi) is 3.86. The number of rotatable bonds is 3. The van der Waals surface area contributed by atoms with Crippen LogP contribution in [0.1, 0.15) is 25.7 Å². The molecule has 2 unspecified atom stereocenters. The zero-order chi connectivity index (χ0) is 16.0. The van der Waals surface area contributed by atoms with E-state index in [1.54, 1.807) is 0 Å². The Bertz CT molecular complexity index is 497. The molecule has 128 valence electrons. The van der Waals surface area contributed by atoms with Gasteiger partial charge in [0.15, 0.2) is 0 Å². The monoisotopic (exact) mass is 320 g/mol. The average molecular weight is 320 g/mol. The molecule has 1 aliphatic carbocycles. The van der Waals surface area contributed by atoms with Crippen LogP contribution in [0.3, 0.4) is 0 Å². The second-order valence-electron chi connectivity index (χ2n) is 7.53. The minimum Gasteiger partial charge on any atom is -0.384 e. The Morgan fingerprint density at radius 1 is 1.09 bits per heavy atom. The van der Waals surface area contributed by atoms with Gasteiger partial charge in [-0.1, -0.05) is 6.58 Å². The molecule has 0 aromatic heterocycles. The molecule has 0 radical (unpaired) electrons. The predicted octanol–water partition coefficient (Wildman–Crippen LogP) is -0.189. The standard InChI is InChI=1S/C17H28N4O2/c1-13(17(23)4-5-17)19-8-10-20(11-9-19)16(22)14-2-3-15-18-6-7-21(15)12-14/h14-15,18,23H,1-12H2.